The number of methoxy groups -OCH3 is 1. The first-order valence-electron chi connectivity index (χ1n) is 8.13. The topological polar surface area (TPSA) is 64.6 Å². The molecule has 0 aromatic heterocycles. The van der Waals surface area contributed by atoms with Gasteiger partial charge in [-0.1, -0.05) is 20.8 Å². The van der Waals surface area contributed by atoms with Gasteiger partial charge in [-0.2, -0.15) is 8.78 Å². The van der Waals surface area contributed by atoms with Crippen molar-refractivity contribution < 1.29 is 39.8 Å². The number of anilines is 1. The molecule has 0 aliphatic heterocycles. The zero-order valence-electron chi connectivity index (χ0n) is 15.9. The van der Waals surface area contributed by atoms with Crippen LogP contribution in [0.4, 0.5) is 27.6 Å². The molecule has 0 saturated heterocycles. The van der Waals surface area contributed by atoms with Crippen molar-refractivity contribution in [3.05, 3.63) is 47.3 Å². The molecule has 29 heavy (non-hydrogen) atoms. The summed E-state index contributed by atoms with van der Waals surface area (Å²) in [5.41, 5.74) is -1.05. The van der Waals surface area contributed by atoms with Crippen LogP contribution in [0.2, 0.25) is 0 Å². The van der Waals surface area contributed by atoms with E-state index < -0.39 is 60.9 Å². The van der Waals surface area contributed by atoms with Gasteiger partial charge in [0.1, 0.15) is 0 Å². The molecule has 5 nitrogen and oxygen atoms in total. The largest absolute Gasteiger partial charge is 0.494 e. The standard InChI is InChI=1S/C18H18F5NO4S/c1-18(2,3)8-28-16-12(20)14(22)17(15(23)13(16)21)29(25,26)24-9-5-6-11(27-4)10(19)7-9/h5-7,24H,8H2,1-4H3. The Morgan fingerprint density at radius 1 is 0.966 bits per heavy atom. The minimum Gasteiger partial charge on any atom is -0.494 e. The molecule has 0 saturated carbocycles. The molecule has 0 spiro atoms. The summed E-state index contributed by atoms with van der Waals surface area (Å²) in [6.45, 7) is 4.64. The first-order valence-corrected chi connectivity index (χ1v) is 9.62. The minimum absolute atomic E-state index is 0.220. The van der Waals surface area contributed by atoms with E-state index in [2.05, 4.69) is 4.74 Å². The number of hydrogen-bond donors (Lipinski definition) is 1. The molecule has 2 rings (SSSR count). The molecule has 160 valence electrons. The molecule has 11 heteroatoms. The molecule has 0 aliphatic rings. The summed E-state index contributed by atoms with van der Waals surface area (Å²) < 4.78 is 107. The summed E-state index contributed by atoms with van der Waals surface area (Å²) in [6, 6.07) is 2.74. The Hall–Kier alpha value is -2.56. The molecule has 0 unspecified atom stereocenters. The fourth-order valence-electron chi connectivity index (χ4n) is 2.18. The van der Waals surface area contributed by atoms with Crippen LogP contribution in [-0.2, 0) is 10.0 Å². The molecule has 0 heterocycles. The normalized spacial score (nSPS) is 12.0. The van der Waals surface area contributed by atoms with Crippen LogP contribution in [0.3, 0.4) is 0 Å². The van der Waals surface area contributed by atoms with Crippen molar-refractivity contribution in [3.8, 4) is 11.5 Å². The maximum absolute atomic E-state index is 14.3. The third-order valence-corrected chi connectivity index (χ3v) is 4.91. The summed E-state index contributed by atoms with van der Waals surface area (Å²) in [5.74, 6) is -10.9. The van der Waals surface area contributed by atoms with E-state index >= 15 is 0 Å². The average molecular weight is 439 g/mol. The Bertz CT molecular complexity index is 1010. The summed E-state index contributed by atoms with van der Waals surface area (Å²) in [6.07, 6.45) is 0. The third kappa shape index (κ3) is 4.89. The van der Waals surface area contributed by atoms with Crippen molar-refractivity contribution >= 4 is 15.7 Å². The number of nitrogens with one attached hydrogen (secondary N) is 1. The second kappa shape index (κ2) is 8.05. The molecular formula is C18H18F5NO4S. The molecule has 2 aromatic rings. The van der Waals surface area contributed by atoms with E-state index in [0.29, 0.717) is 6.07 Å². The molecular weight excluding hydrogens is 421 g/mol. The maximum atomic E-state index is 14.3. The van der Waals surface area contributed by atoms with Gasteiger partial charge < -0.3 is 9.47 Å². The summed E-state index contributed by atoms with van der Waals surface area (Å²) in [4.78, 5) is -1.90. The Morgan fingerprint density at radius 3 is 1.97 bits per heavy atom. The SMILES string of the molecule is COc1ccc(NS(=O)(=O)c2c(F)c(F)c(OCC(C)(C)C)c(F)c2F)cc1F. The summed E-state index contributed by atoms with van der Waals surface area (Å²) in [7, 11) is -3.99. The van der Waals surface area contributed by atoms with Crippen molar-refractivity contribution in [1.29, 1.82) is 0 Å². The molecule has 1 N–H and O–H groups in total. The van der Waals surface area contributed by atoms with Gasteiger partial charge in [-0.25, -0.2) is 21.6 Å². The van der Waals surface area contributed by atoms with Gasteiger partial charge in [0.15, 0.2) is 33.8 Å². The zero-order valence-corrected chi connectivity index (χ0v) is 16.7. The third-order valence-electron chi connectivity index (χ3n) is 3.51. The molecule has 0 aliphatic carbocycles. The van der Waals surface area contributed by atoms with Crippen LogP contribution < -0.4 is 14.2 Å². The highest BCUT2D eigenvalue weighted by molar-refractivity contribution is 7.92. The summed E-state index contributed by atoms with van der Waals surface area (Å²) in [5, 5.41) is 0. The van der Waals surface area contributed by atoms with E-state index in [0.717, 1.165) is 12.1 Å². The van der Waals surface area contributed by atoms with E-state index in [1.165, 1.54) is 7.11 Å². The predicted molar refractivity (Wildman–Crippen MR) is 95.0 cm³/mol. The highest BCUT2D eigenvalue weighted by Crippen LogP contribution is 2.34. The molecule has 0 bridgehead atoms. The van der Waals surface area contributed by atoms with Crippen LogP contribution in [0.25, 0.3) is 0 Å². The molecule has 0 fully saturated rings. The Kier molecular flexibility index (Phi) is 6.31. The van der Waals surface area contributed by atoms with E-state index in [4.69, 9.17) is 4.74 Å². The number of rotatable bonds is 6. The first kappa shape index (κ1) is 22.7. The smallest absolute Gasteiger partial charge is 0.267 e. The quantitative estimate of drug-likeness (QED) is 0.527. The van der Waals surface area contributed by atoms with Gasteiger partial charge in [0.05, 0.1) is 19.4 Å². The van der Waals surface area contributed by atoms with Gasteiger partial charge in [-0.3, -0.25) is 4.72 Å². The lowest BCUT2D eigenvalue weighted by atomic mass is 9.99. The van der Waals surface area contributed by atoms with E-state index in [-0.39, 0.29) is 12.4 Å². The van der Waals surface area contributed by atoms with Gasteiger partial charge in [-0.05, 0) is 17.5 Å². The second-order valence-corrected chi connectivity index (χ2v) is 8.84. The number of ether oxygens (including phenoxy) is 2. The van der Waals surface area contributed by atoms with Crippen molar-refractivity contribution in [2.75, 3.05) is 18.4 Å². The highest BCUT2D eigenvalue weighted by atomic mass is 32.2. The highest BCUT2D eigenvalue weighted by Gasteiger charge is 2.34. The van der Waals surface area contributed by atoms with Crippen LogP contribution in [-0.4, -0.2) is 22.1 Å². The molecule has 2 aromatic carbocycles. The number of sulfonamides is 1. The summed E-state index contributed by atoms with van der Waals surface area (Å²) >= 11 is 0. The van der Waals surface area contributed by atoms with Crippen LogP contribution in [0.15, 0.2) is 23.1 Å². The van der Waals surface area contributed by atoms with Crippen LogP contribution in [0.1, 0.15) is 20.8 Å². The Morgan fingerprint density at radius 2 is 1.52 bits per heavy atom. The minimum atomic E-state index is -5.16. The lowest BCUT2D eigenvalue weighted by Crippen LogP contribution is -2.21. The van der Waals surface area contributed by atoms with Gasteiger partial charge in [0, 0.05) is 6.07 Å². The van der Waals surface area contributed by atoms with Gasteiger partial charge in [0.2, 0.25) is 11.6 Å². The van der Waals surface area contributed by atoms with Crippen LogP contribution >= 0.6 is 0 Å². The number of benzene rings is 2. The lowest BCUT2D eigenvalue weighted by Gasteiger charge is -2.20. The zero-order chi connectivity index (χ0) is 22.1. The predicted octanol–water partition coefficient (Wildman–Crippen LogP) is 4.62. The molecule has 0 radical (unpaired) electrons. The Labute approximate surface area is 164 Å². The van der Waals surface area contributed by atoms with Crippen LogP contribution in [0.5, 0.6) is 11.5 Å². The fraction of sp³-hybridized carbons (Fsp3) is 0.333. The van der Waals surface area contributed by atoms with Crippen molar-refractivity contribution in [1.82, 2.24) is 0 Å². The number of halogens is 5. The van der Waals surface area contributed by atoms with E-state index in [1.807, 2.05) is 0 Å². The van der Waals surface area contributed by atoms with E-state index in [9.17, 15) is 30.4 Å². The van der Waals surface area contributed by atoms with Gasteiger partial charge >= 0.3 is 0 Å². The van der Waals surface area contributed by atoms with E-state index in [1.54, 1.807) is 25.5 Å². The van der Waals surface area contributed by atoms with Crippen molar-refractivity contribution in [3.63, 3.8) is 0 Å². The lowest BCUT2D eigenvalue weighted by molar-refractivity contribution is 0.178. The fourth-order valence-corrected chi connectivity index (χ4v) is 3.37. The first-order chi connectivity index (χ1) is 13.3. The van der Waals surface area contributed by atoms with Crippen molar-refractivity contribution in [2.45, 2.75) is 25.7 Å². The molecule has 0 atom stereocenters. The second-order valence-electron chi connectivity index (χ2n) is 7.22. The van der Waals surface area contributed by atoms with Crippen LogP contribution in [0, 0.1) is 34.5 Å². The maximum Gasteiger partial charge on any atom is 0.267 e. The Balaban J connectivity index is 2.49. The van der Waals surface area contributed by atoms with Crippen molar-refractivity contribution in [2.24, 2.45) is 5.41 Å². The monoisotopic (exact) mass is 439 g/mol. The number of hydrogen-bond acceptors (Lipinski definition) is 4. The van der Waals surface area contributed by atoms with Gasteiger partial charge in [0.25, 0.3) is 10.0 Å². The molecule has 0 amide bonds. The average Bonchev–Trinajstić information content (AvgIpc) is 2.59. The van der Waals surface area contributed by atoms with Gasteiger partial charge in [-0.15, -0.1) is 0 Å².